The van der Waals surface area contributed by atoms with Crippen LogP contribution in [0.15, 0.2) is 24.3 Å². The summed E-state index contributed by atoms with van der Waals surface area (Å²) in [6, 6.07) is 5.79. The monoisotopic (exact) mass is 218 g/mol. The van der Waals surface area contributed by atoms with E-state index in [1.807, 2.05) is 0 Å². The van der Waals surface area contributed by atoms with E-state index in [0.717, 1.165) is 0 Å². The molecule has 13 heavy (non-hydrogen) atoms. The first kappa shape index (κ1) is 10.3. The van der Waals surface area contributed by atoms with Gasteiger partial charge in [-0.05, 0) is 36.5 Å². The average molecular weight is 218 g/mol. The van der Waals surface area contributed by atoms with Gasteiger partial charge < -0.3 is 9.42 Å². The summed E-state index contributed by atoms with van der Waals surface area (Å²) >= 11 is 3.33. The predicted molar refractivity (Wildman–Crippen MR) is 51.3 cm³/mol. The highest BCUT2D eigenvalue weighted by Crippen LogP contribution is 2.46. The Labute approximate surface area is 80.2 Å². The Hall–Kier alpha value is -0.770. The normalized spacial score (nSPS) is 14.6. The van der Waals surface area contributed by atoms with E-state index >= 15 is 0 Å². The van der Waals surface area contributed by atoms with Gasteiger partial charge in [0.15, 0.2) is 0 Å². The molecule has 0 saturated heterocycles. The highest BCUT2D eigenvalue weighted by Gasteiger charge is 2.12. The molecule has 0 spiro atoms. The molecule has 1 N–H and O–H groups in total. The van der Waals surface area contributed by atoms with E-state index in [1.165, 1.54) is 24.3 Å². The van der Waals surface area contributed by atoms with E-state index in [2.05, 4.69) is 16.8 Å². The van der Waals surface area contributed by atoms with E-state index in [9.17, 15) is 9.36 Å². The Morgan fingerprint density at radius 1 is 1.38 bits per heavy atom. The van der Waals surface area contributed by atoms with Crippen molar-refractivity contribution in [2.45, 2.75) is 0 Å². The zero-order valence-electron chi connectivity index (χ0n) is 6.45. The summed E-state index contributed by atoms with van der Waals surface area (Å²) in [4.78, 5) is 19.0. The minimum Gasteiger partial charge on any atom is -0.417 e. The third-order valence-electron chi connectivity index (χ3n) is 1.24. The largest absolute Gasteiger partial charge is 0.434 e. The lowest BCUT2D eigenvalue weighted by Crippen LogP contribution is -1.86. The van der Waals surface area contributed by atoms with Crippen LogP contribution in [0.3, 0.4) is 0 Å². The summed E-state index contributed by atoms with van der Waals surface area (Å²) in [7, 11) is 0. The van der Waals surface area contributed by atoms with Crippen molar-refractivity contribution < 1.29 is 18.8 Å². The van der Waals surface area contributed by atoms with Gasteiger partial charge in [0.2, 0.25) is 0 Å². The van der Waals surface area contributed by atoms with Gasteiger partial charge in [-0.25, -0.2) is 4.57 Å². The third kappa shape index (κ3) is 3.63. The number of carbonyl (C=O) groups excluding carboxylic acids is 1. The van der Waals surface area contributed by atoms with Crippen molar-refractivity contribution in [2.75, 3.05) is 0 Å². The molecule has 0 aliphatic carbocycles. The molecule has 1 aromatic carbocycles. The highest BCUT2D eigenvalue weighted by atomic mass is 32.7. The van der Waals surface area contributed by atoms with Crippen molar-refractivity contribution in [3.8, 4) is 5.75 Å². The van der Waals surface area contributed by atoms with Gasteiger partial charge in [-0.1, -0.05) is 0 Å². The van der Waals surface area contributed by atoms with Crippen LogP contribution in [0.4, 0.5) is 0 Å². The molecule has 1 unspecified atom stereocenters. The van der Waals surface area contributed by atoms with Crippen LogP contribution < -0.4 is 4.52 Å². The number of rotatable bonds is 3. The fourth-order valence-corrected chi connectivity index (χ4v) is 1.42. The van der Waals surface area contributed by atoms with Gasteiger partial charge >= 0.3 is 6.80 Å². The van der Waals surface area contributed by atoms with Crippen LogP contribution in [0.25, 0.3) is 0 Å². The van der Waals surface area contributed by atoms with Gasteiger partial charge in [-0.15, -0.1) is 0 Å². The molecule has 0 radical (unpaired) electrons. The van der Waals surface area contributed by atoms with Crippen molar-refractivity contribution in [3.05, 3.63) is 29.8 Å². The lowest BCUT2D eigenvalue weighted by Gasteiger charge is -2.06. The van der Waals surface area contributed by atoms with Crippen molar-refractivity contribution in [3.63, 3.8) is 0 Å². The first-order chi connectivity index (χ1) is 6.01. The summed E-state index contributed by atoms with van der Waals surface area (Å²) in [5, 5.41) is 0. The zero-order chi connectivity index (χ0) is 9.90. The Kier molecular flexibility index (Phi) is 3.14. The zero-order valence-corrected chi connectivity index (χ0v) is 8.24. The Morgan fingerprint density at radius 3 is 2.31 bits per heavy atom. The summed E-state index contributed by atoms with van der Waals surface area (Å²) < 4.78 is 15.2. The molecule has 6 heteroatoms. The molecule has 0 aliphatic heterocycles. The van der Waals surface area contributed by atoms with E-state index in [1.54, 1.807) is 0 Å². The molecule has 1 rings (SSSR count). The summed E-state index contributed by atoms with van der Waals surface area (Å²) in [5.74, 6) is 0.200. The van der Waals surface area contributed by atoms with Crippen molar-refractivity contribution in [2.24, 2.45) is 0 Å². The standard InChI is InChI=1S/C7H7O4PS/c8-5-6-1-3-7(4-2-6)11-12(9,10)13/h1-5H,(H2,9,10,13). The van der Waals surface area contributed by atoms with Crippen LogP contribution in [-0.2, 0) is 4.57 Å². The topological polar surface area (TPSA) is 63.6 Å². The van der Waals surface area contributed by atoms with Crippen molar-refractivity contribution in [1.82, 2.24) is 0 Å². The van der Waals surface area contributed by atoms with Crippen LogP contribution in [0.5, 0.6) is 5.75 Å². The number of benzene rings is 1. The fraction of sp³-hybridized carbons (Fsp3) is 0. The van der Waals surface area contributed by atoms with Gasteiger partial charge in [-0.3, -0.25) is 4.79 Å². The second-order valence-electron chi connectivity index (χ2n) is 2.27. The minimum absolute atomic E-state index is 0.200. The van der Waals surface area contributed by atoms with Crippen LogP contribution in [-0.4, -0.2) is 11.2 Å². The molecule has 0 fully saturated rings. The number of aldehydes is 1. The summed E-state index contributed by atoms with van der Waals surface area (Å²) in [6.07, 6.45) is 0.670. The molecule has 1 aromatic rings. The van der Waals surface area contributed by atoms with Crippen molar-refractivity contribution in [1.29, 1.82) is 0 Å². The van der Waals surface area contributed by atoms with Crippen LogP contribution in [0.1, 0.15) is 10.4 Å². The maximum atomic E-state index is 10.7. The fourth-order valence-electron chi connectivity index (χ4n) is 0.745. The molecule has 0 aromatic heterocycles. The highest BCUT2D eigenvalue weighted by molar-refractivity contribution is 8.44. The molecule has 0 bridgehead atoms. The van der Waals surface area contributed by atoms with Crippen molar-refractivity contribution >= 4 is 25.3 Å². The number of thiol groups is 1. The Morgan fingerprint density at radius 2 is 1.92 bits per heavy atom. The van der Waals surface area contributed by atoms with Crippen LogP contribution >= 0.6 is 19.0 Å². The van der Waals surface area contributed by atoms with Gasteiger partial charge in [0.25, 0.3) is 0 Å². The average Bonchev–Trinajstić information content (AvgIpc) is 2.03. The Bertz CT molecular complexity index is 342. The van der Waals surface area contributed by atoms with E-state index < -0.39 is 6.80 Å². The van der Waals surface area contributed by atoms with E-state index in [4.69, 9.17) is 4.89 Å². The summed E-state index contributed by atoms with van der Waals surface area (Å²) in [6.45, 7) is -3.81. The molecule has 0 aliphatic rings. The molecular weight excluding hydrogens is 211 g/mol. The van der Waals surface area contributed by atoms with Crippen LogP contribution in [0.2, 0.25) is 0 Å². The minimum atomic E-state index is -3.81. The number of carbonyl (C=O) groups is 1. The van der Waals surface area contributed by atoms with Gasteiger partial charge in [0.05, 0.1) is 0 Å². The maximum Gasteiger partial charge on any atom is 0.434 e. The quantitative estimate of drug-likeness (QED) is 0.462. The molecule has 0 heterocycles. The van der Waals surface area contributed by atoms with Gasteiger partial charge in [-0.2, -0.15) is 0 Å². The number of hydrogen-bond acceptors (Lipinski definition) is 3. The lowest BCUT2D eigenvalue weighted by molar-refractivity contribution is 0.112. The molecule has 1 atom stereocenters. The maximum absolute atomic E-state index is 10.7. The Balaban J connectivity index is 2.81. The van der Waals surface area contributed by atoms with Gasteiger partial charge in [0.1, 0.15) is 12.0 Å². The molecular formula is C7H7O4PS. The molecule has 4 nitrogen and oxygen atoms in total. The third-order valence-corrected chi connectivity index (χ3v) is 1.93. The molecule has 0 amide bonds. The lowest BCUT2D eigenvalue weighted by atomic mass is 10.2. The van der Waals surface area contributed by atoms with Crippen LogP contribution in [0, 0.1) is 0 Å². The summed E-state index contributed by atoms with van der Waals surface area (Å²) in [5.41, 5.74) is 0.472. The SMILES string of the molecule is O=Cc1ccc(OP(=O)(O)S)cc1. The van der Waals surface area contributed by atoms with E-state index in [0.29, 0.717) is 11.8 Å². The molecule has 0 saturated carbocycles. The predicted octanol–water partition coefficient (Wildman–Crippen LogP) is 1.91. The second kappa shape index (κ2) is 3.96. The molecule has 70 valence electrons. The first-order valence-electron chi connectivity index (χ1n) is 3.32. The van der Waals surface area contributed by atoms with Gasteiger partial charge in [0, 0.05) is 5.56 Å². The smallest absolute Gasteiger partial charge is 0.417 e. The second-order valence-corrected chi connectivity index (χ2v) is 4.95. The van der Waals surface area contributed by atoms with E-state index in [-0.39, 0.29) is 5.75 Å². The first-order valence-corrected chi connectivity index (χ1v) is 6.05. The number of hydrogen-bond donors (Lipinski definition) is 2.